The van der Waals surface area contributed by atoms with Gasteiger partial charge in [-0.25, -0.2) is 0 Å². The van der Waals surface area contributed by atoms with Crippen LogP contribution in [0.5, 0.6) is 0 Å². The van der Waals surface area contributed by atoms with Gasteiger partial charge >= 0.3 is 119 Å². The number of carbonyl (C=O) groups is 20. The molecule has 17 fully saturated rings. The topological polar surface area (TPSA) is 434 Å². The van der Waals surface area contributed by atoms with E-state index in [1.807, 2.05) is 0 Å². The van der Waals surface area contributed by atoms with E-state index in [1.165, 1.54) is 0 Å². The van der Waals surface area contributed by atoms with Gasteiger partial charge in [-0.15, -0.1) is 0 Å². The van der Waals surface area contributed by atoms with Gasteiger partial charge in [-0.2, -0.15) is 0 Å². The van der Waals surface area contributed by atoms with Crippen molar-refractivity contribution in [1.29, 1.82) is 0 Å². The van der Waals surface area contributed by atoms with E-state index in [1.54, 1.807) is 0 Å². The van der Waals surface area contributed by atoms with Crippen molar-refractivity contribution in [2.45, 2.75) is 44.9 Å². The summed E-state index contributed by atoms with van der Waals surface area (Å²) in [5.74, 6) is -24.1. The summed E-state index contributed by atoms with van der Waals surface area (Å²) < 4.78 is 45.3. The van der Waals surface area contributed by atoms with Crippen LogP contribution >= 0.6 is 0 Å². The van der Waals surface area contributed by atoms with Crippen LogP contribution in [0.4, 0.5) is 0 Å². The van der Waals surface area contributed by atoms with E-state index in [-0.39, 0.29) is 55.3 Å². The molecule has 30 nitrogen and oxygen atoms in total. The molecule has 10 saturated heterocycles. The molecule has 0 N–H and O–H groups in total. The molecule has 7 saturated carbocycles. The average Bonchev–Trinajstić information content (AvgIpc) is 3.97. The van der Waals surface area contributed by atoms with Crippen LogP contribution in [0, 0.1) is 142 Å². The first-order valence-corrected chi connectivity index (χ1v) is 26.0. The van der Waals surface area contributed by atoms with Gasteiger partial charge in [0.2, 0.25) is 0 Å². The fourth-order valence-electron chi connectivity index (χ4n) is 16.7. The van der Waals surface area contributed by atoms with Gasteiger partial charge in [-0.3, -0.25) is 95.9 Å². The second-order valence-electron chi connectivity index (χ2n) is 23.0. The molecular weight excluding hydrogens is 1090 g/mol. The lowest BCUT2D eigenvalue weighted by molar-refractivity contribution is -0.175. The lowest BCUT2D eigenvalue weighted by Gasteiger charge is -2.35. The molecule has 6 bridgehead atoms. The van der Waals surface area contributed by atoms with E-state index in [0.717, 1.165) is 0 Å². The fraction of sp³-hybridized carbons (Fsp3) is 0.608. The summed E-state index contributed by atoms with van der Waals surface area (Å²) in [6.07, 6.45) is 2.08. The van der Waals surface area contributed by atoms with Crippen LogP contribution < -0.4 is 0 Å². The maximum atomic E-state index is 11.8. The first kappa shape index (κ1) is 51.8. The van der Waals surface area contributed by atoms with Crippen LogP contribution in [0.1, 0.15) is 44.9 Å². The molecule has 0 radical (unpaired) electrons. The van der Waals surface area contributed by atoms with Crippen molar-refractivity contribution < 1.29 is 143 Å². The number of fused-ring (bicyclic) bond motifs is 27. The SMILES string of the molecule is O=C1CC2C3CC(C(=O)OC3=O)C2C(=O)O1.O=C1CC2C3CC(C2C(=O)O1)C1C(=O)OC(=O)C31.O=C1OC(=O)C2C1C1C(=O)OC(=O)C21.O=C1OC(=O)C2C3CC(C12)C1C(=O)OC(=O)C31.O=C1OC(=O)C2CC3C(=O)OC(=O)C3CC12. The van der Waals surface area contributed by atoms with Crippen LogP contribution in [0.25, 0.3) is 0 Å². The second kappa shape index (κ2) is 18.0. The molecule has 0 aromatic rings. The number of rotatable bonds is 0. The normalized spacial score (nSPS) is 45.4. The molecule has 0 aromatic heterocycles. The van der Waals surface area contributed by atoms with Gasteiger partial charge in [0, 0.05) is 6.42 Å². The Kier molecular flexibility index (Phi) is 11.5. The molecule has 422 valence electrons. The summed E-state index contributed by atoms with van der Waals surface area (Å²) >= 11 is 0. The molecule has 30 heteroatoms. The van der Waals surface area contributed by atoms with E-state index >= 15 is 0 Å². The van der Waals surface area contributed by atoms with Crippen molar-refractivity contribution in [3.05, 3.63) is 0 Å². The third kappa shape index (κ3) is 7.41. The zero-order chi connectivity index (χ0) is 57.4. The van der Waals surface area contributed by atoms with E-state index in [4.69, 9.17) is 0 Å². The summed E-state index contributed by atoms with van der Waals surface area (Å²) in [6, 6.07) is 0. The number of ether oxygens (including phenoxy) is 10. The second-order valence-corrected chi connectivity index (χ2v) is 23.0. The first-order chi connectivity index (χ1) is 38.4. The van der Waals surface area contributed by atoms with Gasteiger partial charge in [0.25, 0.3) is 0 Å². The molecule has 17 rings (SSSR count). The molecule has 18 unspecified atom stereocenters. The Morgan fingerprint density at radius 2 is 0.407 bits per heavy atom. The van der Waals surface area contributed by atoms with Gasteiger partial charge in [-0.05, 0) is 67.6 Å². The standard InChI is InChI=1S/C12H10O6.C11H8O6.2C10H8O6.C8H4O6/c13-6-2-4-3-1-5(7(4)10(14)17-6)9-8(3)11(15)18-12(9)16;12-8-4-2-1-3(6(4)10(14)16-8)7-5(2)9(13)17-11(7)15;11-6-2-3-4-1-5(7(3)10(14)15-6)9(13)16-8(4)12;11-7-3-1-4-6(10(14)16-8(4)12)2-5(3)9(13)15-7;9-5-1-2(6(10)13-5)4-3(1)7(11)14-8(4)12/h3-5,7-9H,1-2H2;2-7H,1H2;3-5,7H,1-2H2;3-6H,1-2H2;1-4H. The van der Waals surface area contributed by atoms with Crippen LogP contribution in [0.3, 0.4) is 0 Å². The molecule has 0 spiro atoms. The van der Waals surface area contributed by atoms with Crippen molar-refractivity contribution in [2.75, 3.05) is 0 Å². The quantitative estimate of drug-likeness (QED) is 0.128. The number of hydrogen-bond acceptors (Lipinski definition) is 30. The zero-order valence-electron chi connectivity index (χ0n) is 41.1. The minimum atomic E-state index is -0.786. The Labute approximate surface area is 448 Å². The highest BCUT2D eigenvalue weighted by atomic mass is 16.6. The molecular formula is C51H38O30. The molecule has 0 amide bonds. The maximum absolute atomic E-state index is 11.8. The van der Waals surface area contributed by atoms with E-state index in [2.05, 4.69) is 47.4 Å². The third-order valence-corrected chi connectivity index (χ3v) is 19.9. The van der Waals surface area contributed by atoms with Gasteiger partial charge in [0.05, 0.1) is 113 Å². The van der Waals surface area contributed by atoms with Crippen LogP contribution in [0.2, 0.25) is 0 Å². The fourth-order valence-corrected chi connectivity index (χ4v) is 16.7. The molecule has 17 aliphatic rings. The Morgan fingerprint density at radius 3 is 0.778 bits per heavy atom. The summed E-state index contributed by atoms with van der Waals surface area (Å²) in [6.45, 7) is 0. The van der Waals surface area contributed by atoms with Crippen molar-refractivity contribution in [3.63, 3.8) is 0 Å². The van der Waals surface area contributed by atoms with E-state index < -0.39 is 232 Å². The van der Waals surface area contributed by atoms with Crippen LogP contribution in [-0.4, -0.2) is 119 Å². The minimum absolute atomic E-state index is 0.0138. The van der Waals surface area contributed by atoms with Crippen LogP contribution in [0.15, 0.2) is 0 Å². The summed E-state index contributed by atoms with van der Waals surface area (Å²) in [7, 11) is 0. The number of hydrogen-bond donors (Lipinski definition) is 0. The molecule has 0 aromatic carbocycles. The first-order valence-electron chi connectivity index (χ1n) is 26.0. The van der Waals surface area contributed by atoms with Crippen LogP contribution in [-0.2, 0) is 143 Å². The average molecular weight is 1130 g/mol. The molecule has 18 atom stereocenters. The predicted octanol–water partition coefficient (Wildman–Crippen LogP) is -3.62. The monoisotopic (exact) mass is 1130 g/mol. The third-order valence-electron chi connectivity index (χ3n) is 19.9. The zero-order valence-corrected chi connectivity index (χ0v) is 41.1. The van der Waals surface area contributed by atoms with Crippen molar-refractivity contribution in [2.24, 2.45) is 142 Å². The molecule has 10 heterocycles. The highest BCUT2D eigenvalue weighted by Crippen LogP contribution is 2.64. The Balaban J connectivity index is 0.0000000956. The number of carbonyl (C=O) groups excluding carboxylic acids is 20. The van der Waals surface area contributed by atoms with E-state index in [9.17, 15) is 95.9 Å². The Morgan fingerprint density at radius 1 is 0.173 bits per heavy atom. The van der Waals surface area contributed by atoms with Gasteiger partial charge in [0.15, 0.2) is 0 Å². The number of esters is 20. The largest absolute Gasteiger partial charge is 0.393 e. The lowest BCUT2D eigenvalue weighted by atomic mass is 9.59. The van der Waals surface area contributed by atoms with Crippen molar-refractivity contribution in [3.8, 4) is 0 Å². The van der Waals surface area contributed by atoms with E-state index in [0.29, 0.717) is 19.3 Å². The van der Waals surface area contributed by atoms with Crippen molar-refractivity contribution in [1.82, 2.24) is 0 Å². The predicted molar refractivity (Wildman–Crippen MR) is 227 cm³/mol. The Bertz CT molecular complexity index is 2980. The highest BCUT2D eigenvalue weighted by Gasteiger charge is 2.75. The summed E-state index contributed by atoms with van der Waals surface area (Å²) in [5, 5.41) is 0. The summed E-state index contributed by atoms with van der Waals surface area (Å²) in [5.41, 5.74) is 0. The highest BCUT2D eigenvalue weighted by molar-refractivity contribution is 6.11. The summed E-state index contributed by atoms with van der Waals surface area (Å²) in [4.78, 5) is 228. The number of cyclic esters (lactones) is 20. The lowest BCUT2D eigenvalue weighted by Crippen LogP contribution is -2.50. The molecule has 7 aliphatic carbocycles. The smallest absolute Gasteiger partial charge is 0.318 e. The molecule has 10 aliphatic heterocycles. The molecule has 81 heavy (non-hydrogen) atoms. The van der Waals surface area contributed by atoms with Crippen molar-refractivity contribution >= 4 is 119 Å². The Hall–Kier alpha value is -8.60. The van der Waals surface area contributed by atoms with Gasteiger partial charge in [0.1, 0.15) is 0 Å². The minimum Gasteiger partial charge on any atom is -0.393 e. The van der Waals surface area contributed by atoms with Gasteiger partial charge in [-0.1, -0.05) is 0 Å². The van der Waals surface area contributed by atoms with Gasteiger partial charge < -0.3 is 47.4 Å². The maximum Gasteiger partial charge on any atom is 0.318 e.